The van der Waals surface area contributed by atoms with Crippen LogP contribution in [0.2, 0.25) is 10.0 Å². The van der Waals surface area contributed by atoms with E-state index in [-0.39, 0.29) is 10.8 Å². The van der Waals surface area contributed by atoms with E-state index in [2.05, 4.69) is 0 Å². The highest BCUT2D eigenvalue weighted by Gasteiger charge is 2.31. The van der Waals surface area contributed by atoms with Crippen molar-refractivity contribution in [3.05, 3.63) is 33.8 Å². The van der Waals surface area contributed by atoms with Crippen molar-refractivity contribution in [3.8, 4) is 0 Å². The summed E-state index contributed by atoms with van der Waals surface area (Å²) in [5.74, 6) is -0.00618. The van der Waals surface area contributed by atoms with Crippen molar-refractivity contribution < 1.29 is 13.5 Å². The molecule has 1 aromatic rings. The van der Waals surface area contributed by atoms with E-state index in [1.807, 2.05) is 0 Å². The second-order valence-corrected chi connectivity index (χ2v) is 7.36. The van der Waals surface area contributed by atoms with E-state index in [1.54, 1.807) is 26.0 Å². The fraction of sp³-hybridized carbons (Fsp3) is 0.500. The first kappa shape index (κ1) is 15.8. The molecule has 6 heteroatoms. The van der Waals surface area contributed by atoms with Crippen molar-refractivity contribution >= 4 is 33.0 Å². The molecule has 0 aliphatic carbocycles. The van der Waals surface area contributed by atoms with Gasteiger partial charge in [0.25, 0.3) is 0 Å². The van der Waals surface area contributed by atoms with Crippen LogP contribution in [0, 0.1) is 0 Å². The minimum atomic E-state index is -3.33. The highest BCUT2D eigenvalue weighted by atomic mass is 35.5. The Hall–Kier alpha value is -0.290. The molecule has 0 aromatic heterocycles. The van der Waals surface area contributed by atoms with E-state index >= 15 is 0 Å². The number of aliphatic hydroxyl groups is 1. The molecule has 0 saturated heterocycles. The molecular weight excluding hydrogens is 295 g/mol. The maximum Gasteiger partial charge on any atom is 0.155 e. The first-order valence-electron chi connectivity index (χ1n) is 5.68. The van der Waals surface area contributed by atoms with Gasteiger partial charge in [0.15, 0.2) is 9.84 Å². The Kier molecular flexibility index (Phi) is 5.46. The minimum Gasteiger partial charge on any atom is -0.387 e. The van der Waals surface area contributed by atoms with E-state index in [0.717, 1.165) is 0 Å². The van der Waals surface area contributed by atoms with Crippen LogP contribution in [0.3, 0.4) is 0 Å². The van der Waals surface area contributed by atoms with Crippen LogP contribution in [0.25, 0.3) is 0 Å². The van der Waals surface area contributed by atoms with Gasteiger partial charge in [-0.2, -0.15) is 0 Å². The van der Waals surface area contributed by atoms with Crippen LogP contribution in [0.5, 0.6) is 0 Å². The van der Waals surface area contributed by atoms with Gasteiger partial charge in [0.2, 0.25) is 0 Å². The summed E-state index contributed by atoms with van der Waals surface area (Å²) in [5.41, 5.74) is 0.393. The lowest BCUT2D eigenvalue weighted by Gasteiger charge is -2.22. The number of benzene rings is 1. The summed E-state index contributed by atoms with van der Waals surface area (Å²) >= 11 is 11.7. The maximum absolute atomic E-state index is 11.9. The lowest BCUT2D eigenvalue weighted by molar-refractivity contribution is 0.169. The zero-order valence-corrected chi connectivity index (χ0v) is 12.6. The largest absolute Gasteiger partial charge is 0.387 e. The fourth-order valence-electron chi connectivity index (χ4n) is 1.83. The summed E-state index contributed by atoms with van der Waals surface area (Å²) in [7, 11) is -3.33. The molecule has 0 bridgehead atoms. The fourth-order valence-corrected chi connectivity index (χ4v) is 3.82. The van der Waals surface area contributed by atoms with Crippen LogP contribution in [-0.2, 0) is 9.84 Å². The molecule has 102 valence electrons. The number of rotatable bonds is 5. The summed E-state index contributed by atoms with van der Waals surface area (Å²) in [6.45, 7) is 3.29. The van der Waals surface area contributed by atoms with Gasteiger partial charge in [0, 0.05) is 21.4 Å². The van der Waals surface area contributed by atoms with Crippen LogP contribution >= 0.6 is 23.2 Å². The number of hydrogen-bond acceptors (Lipinski definition) is 3. The molecule has 1 N–H and O–H groups in total. The van der Waals surface area contributed by atoms with Gasteiger partial charge >= 0.3 is 0 Å². The van der Waals surface area contributed by atoms with Gasteiger partial charge in [-0.3, -0.25) is 0 Å². The molecule has 3 nitrogen and oxygen atoms in total. The average Bonchev–Trinajstić information content (AvgIpc) is 2.29. The number of halogens is 2. The van der Waals surface area contributed by atoms with Crippen LogP contribution in [0.4, 0.5) is 0 Å². The molecule has 1 aromatic carbocycles. The highest BCUT2D eigenvalue weighted by molar-refractivity contribution is 7.92. The molecule has 0 unspecified atom stereocenters. The third kappa shape index (κ3) is 3.38. The van der Waals surface area contributed by atoms with Gasteiger partial charge in [-0.25, -0.2) is 8.42 Å². The van der Waals surface area contributed by atoms with Crippen molar-refractivity contribution in [2.45, 2.75) is 31.6 Å². The third-order valence-corrected chi connectivity index (χ3v) is 5.78. The van der Waals surface area contributed by atoms with Gasteiger partial charge < -0.3 is 5.11 Å². The second-order valence-electron chi connectivity index (χ2n) is 4.01. The van der Waals surface area contributed by atoms with Gasteiger partial charge in [-0.1, -0.05) is 43.1 Å². The van der Waals surface area contributed by atoms with E-state index in [4.69, 9.17) is 23.2 Å². The number of hydrogen-bond donors (Lipinski definition) is 1. The Morgan fingerprint density at radius 1 is 1.28 bits per heavy atom. The summed E-state index contributed by atoms with van der Waals surface area (Å²) < 4.78 is 23.8. The van der Waals surface area contributed by atoms with Crippen molar-refractivity contribution in [3.63, 3.8) is 0 Å². The predicted molar refractivity (Wildman–Crippen MR) is 75.0 cm³/mol. The first-order chi connectivity index (χ1) is 8.33. The van der Waals surface area contributed by atoms with Crippen LogP contribution in [0.1, 0.15) is 31.9 Å². The zero-order valence-electron chi connectivity index (χ0n) is 10.2. The summed E-state index contributed by atoms with van der Waals surface area (Å²) in [6, 6.07) is 4.63. The summed E-state index contributed by atoms with van der Waals surface area (Å²) in [5, 5.41) is 10.1. The van der Waals surface area contributed by atoms with Gasteiger partial charge in [0.05, 0.1) is 11.4 Å². The maximum atomic E-state index is 11.9. The van der Waals surface area contributed by atoms with Crippen molar-refractivity contribution in [1.82, 2.24) is 0 Å². The second kappa shape index (κ2) is 6.24. The first-order valence-corrected chi connectivity index (χ1v) is 8.15. The van der Waals surface area contributed by atoms with Gasteiger partial charge in [0.1, 0.15) is 0 Å². The number of sulfone groups is 1. The quantitative estimate of drug-likeness (QED) is 0.908. The lowest BCUT2D eigenvalue weighted by atomic mass is 10.0. The Morgan fingerprint density at radius 2 is 1.89 bits per heavy atom. The topological polar surface area (TPSA) is 54.4 Å². The van der Waals surface area contributed by atoms with Crippen LogP contribution in [0.15, 0.2) is 18.2 Å². The molecule has 0 heterocycles. The minimum absolute atomic E-state index is 0.00618. The summed E-state index contributed by atoms with van der Waals surface area (Å²) in [6.07, 6.45) is -0.805. The normalized spacial score (nSPS) is 15.4. The van der Waals surface area contributed by atoms with Crippen LogP contribution in [-0.4, -0.2) is 24.5 Å². The zero-order chi connectivity index (χ0) is 13.9. The van der Waals surface area contributed by atoms with Crippen molar-refractivity contribution in [2.24, 2.45) is 0 Å². The number of aliphatic hydroxyl groups excluding tert-OH is 1. The molecule has 0 amide bonds. The molecule has 2 atom stereocenters. The van der Waals surface area contributed by atoms with E-state index in [0.29, 0.717) is 17.0 Å². The van der Waals surface area contributed by atoms with Gasteiger partial charge in [-0.05, 0) is 18.6 Å². The smallest absolute Gasteiger partial charge is 0.155 e. The molecule has 0 fully saturated rings. The Labute approximate surface area is 118 Å². The van der Waals surface area contributed by atoms with Crippen molar-refractivity contribution in [1.29, 1.82) is 0 Å². The van der Waals surface area contributed by atoms with Gasteiger partial charge in [-0.15, -0.1) is 0 Å². The molecule has 0 aliphatic heterocycles. The van der Waals surface area contributed by atoms with E-state index < -0.39 is 21.2 Å². The Bertz CT molecular complexity index is 514. The SMILES string of the molecule is CC[C@H]([C@@H](O)c1ccc(Cl)cc1Cl)S(=O)(=O)CC. The Morgan fingerprint density at radius 3 is 2.33 bits per heavy atom. The van der Waals surface area contributed by atoms with E-state index in [1.165, 1.54) is 6.07 Å². The molecule has 0 aliphatic rings. The van der Waals surface area contributed by atoms with Crippen LogP contribution < -0.4 is 0 Å². The summed E-state index contributed by atoms with van der Waals surface area (Å²) in [4.78, 5) is 0. The lowest BCUT2D eigenvalue weighted by Crippen LogP contribution is -2.29. The standard InChI is InChI=1S/C12H16Cl2O3S/c1-3-11(18(16,17)4-2)12(15)9-6-5-8(13)7-10(9)14/h5-7,11-12,15H,3-4H2,1-2H3/t11-,12+/m1/s1. The van der Waals surface area contributed by atoms with E-state index in [9.17, 15) is 13.5 Å². The molecule has 0 spiro atoms. The molecule has 0 saturated carbocycles. The average molecular weight is 311 g/mol. The Balaban J connectivity index is 3.15. The molecule has 18 heavy (non-hydrogen) atoms. The predicted octanol–water partition coefficient (Wildman–Crippen LogP) is 3.24. The molecule has 1 rings (SSSR count). The third-order valence-electron chi connectivity index (χ3n) is 2.90. The van der Waals surface area contributed by atoms with Crippen molar-refractivity contribution in [2.75, 3.05) is 5.75 Å². The molecule has 0 radical (unpaired) electrons. The monoisotopic (exact) mass is 310 g/mol. The highest BCUT2D eigenvalue weighted by Crippen LogP contribution is 2.31. The molecular formula is C12H16Cl2O3S.